The Morgan fingerprint density at radius 2 is 1.71 bits per heavy atom. The van der Waals surface area contributed by atoms with Gasteiger partial charge in [0.05, 0.1) is 11.8 Å². The fraction of sp³-hybridized carbons (Fsp3) is 0.227. The molecule has 2 amide bonds. The number of carbonyl (C=O) groups excluding carboxylic acids is 3. The molecule has 3 atom stereocenters. The Balaban J connectivity index is 1.59. The van der Waals surface area contributed by atoms with Gasteiger partial charge < -0.3 is 10.6 Å². The van der Waals surface area contributed by atoms with E-state index in [9.17, 15) is 18.8 Å². The number of benzene rings is 2. The van der Waals surface area contributed by atoms with Crippen molar-refractivity contribution >= 4 is 23.3 Å². The molecule has 4 rings (SSSR count). The minimum atomic E-state index is -0.783. The molecule has 28 heavy (non-hydrogen) atoms. The Hall–Kier alpha value is -3.28. The van der Waals surface area contributed by atoms with E-state index in [0.29, 0.717) is 11.4 Å². The van der Waals surface area contributed by atoms with Crippen LogP contribution in [0.4, 0.5) is 10.1 Å². The highest BCUT2D eigenvalue weighted by Gasteiger charge is 2.44. The molecular weight excluding hydrogens is 359 g/mol. The molecule has 0 radical (unpaired) electrons. The molecule has 1 aliphatic carbocycles. The zero-order valence-electron chi connectivity index (χ0n) is 15.0. The van der Waals surface area contributed by atoms with Crippen molar-refractivity contribution in [2.45, 2.75) is 18.8 Å². The summed E-state index contributed by atoms with van der Waals surface area (Å²) < 4.78 is 13.1. The molecule has 2 aromatic carbocycles. The van der Waals surface area contributed by atoms with Crippen molar-refractivity contribution in [2.24, 2.45) is 11.8 Å². The highest BCUT2D eigenvalue weighted by atomic mass is 19.1. The lowest BCUT2D eigenvalue weighted by Crippen LogP contribution is -2.48. The topological polar surface area (TPSA) is 75.3 Å². The van der Waals surface area contributed by atoms with E-state index in [1.54, 1.807) is 0 Å². The predicted octanol–water partition coefficient (Wildman–Crippen LogP) is 3.16. The first-order valence-electron chi connectivity index (χ1n) is 9.17. The summed E-state index contributed by atoms with van der Waals surface area (Å²) in [5, 5.41) is 5.47. The van der Waals surface area contributed by atoms with Crippen molar-refractivity contribution in [3.8, 4) is 0 Å². The third kappa shape index (κ3) is 3.58. The van der Waals surface area contributed by atoms with Gasteiger partial charge in [-0.1, -0.05) is 36.4 Å². The van der Waals surface area contributed by atoms with Crippen molar-refractivity contribution in [3.05, 3.63) is 77.8 Å². The van der Waals surface area contributed by atoms with Crippen LogP contribution in [0.25, 0.3) is 0 Å². The summed E-state index contributed by atoms with van der Waals surface area (Å²) in [4.78, 5) is 37.9. The summed E-state index contributed by atoms with van der Waals surface area (Å²) >= 11 is 0. The zero-order valence-corrected chi connectivity index (χ0v) is 15.0. The normalized spacial score (nSPS) is 24.0. The first-order chi connectivity index (χ1) is 13.5. The molecule has 0 saturated carbocycles. The maximum Gasteiger partial charge on any atom is 0.229 e. The van der Waals surface area contributed by atoms with Gasteiger partial charge in [0.15, 0.2) is 0 Å². The maximum atomic E-state index is 13.1. The SMILES string of the molecule is O=C1C[C@@H](C(=O)Nc2ccc(F)cc2)[C@H]2C(=O)C[C@H](c3ccccc3)C=C2N1. The van der Waals surface area contributed by atoms with Crippen molar-refractivity contribution in [1.82, 2.24) is 5.32 Å². The van der Waals surface area contributed by atoms with E-state index in [2.05, 4.69) is 10.6 Å². The Labute approximate surface area is 161 Å². The van der Waals surface area contributed by atoms with Crippen LogP contribution < -0.4 is 10.6 Å². The number of piperidine rings is 1. The minimum Gasteiger partial charge on any atom is -0.329 e. The molecule has 0 bridgehead atoms. The van der Waals surface area contributed by atoms with Crippen LogP contribution in [0.5, 0.6) is 0 Å². The molecular formula is C22H19FN2O3. The van der Waals surface area contributed by atoms with Crippen molar-refractivity contribution in [3.63, 3.8) is 0 Å². The number of Topliss-reactive ketones (excluding diaryl/α,β-unsaturated/α-hetero) is 1. The van der Waals surface area contributed by atoms with Gasteiger partial charge in [0.25, 0.3) is 0 Å². The van der Waals surface area contributed by atoms with Gasteiger partial charge in [-0.2, -0.15) is 0 Å². The number of nitrogens with one attached hydrogen (secondary N) is 2. The fourth-order valence-electron chi connectivity index (χ4n) is 3.91. The monoisotopic (exact) mass is 378 g/mol. The zero-order chi connectivity index (χ0) is 19.7. The average Bonchev–Trinajstić information content (AvgIpc) is 2.69. The van der Waals surface area contributed by atoms with Crippen LogP contribution in [0.15, 0.2) is 66.4 Å². The molecule has 1 saturated heterocycles. The number of halogens is 1. The molecule has 6 heteroatoms. The van der Waals surface area contributed by atoms with E-state index in [4.69, 9.17) is 0 Å². The molecule has 142 valence electrons. The van der Waals surface area contributed by atoms with Gasteiger partial charge in [0.2, 0.25) is 11.8 Å². The smallest absolute Gasteiger partial charge is 0.229 e. The lowest BCUT2D eigenvalue weighted by Gasteiger charge is -2.36. The lowest BCUT2D eigenvalue weighted by molar-refractivity contribution is -0.136. The Morgan fingerprint density at radius 3 is 2.43 bits per heavy atom. The number of ketones is 1. The summed E-state index contributed by atoms with van der Waals surface area (Å²) in [6.45, 7) is 0. The maximum absolute atomic E-state index is 13.1. The van der Waals surface area contributed by atoms with Crippen molar-refractivity contribution < 1.29 is 18.8 Å². The second kappa shape index (κ2) is 7.38. The molecule has 0 aromatic heterocycles. The second-order valence-electron chi connectivity index (χ2n) is 7.14. The molecule has 2 aromatic rings. The number of fused-ring (bicyclic) bond motifs is 1. The number of allylic oxidation sites excluding steroid dienone is 2. The Morgan fingerprint density at radius 1 is 1.00 bits per heavy atom. The van der Waals surface area contributed by atoms with E-state index in [0.717, 1.165) is 5.56 Å². The lowest BCUT2D eigenvalue weighted by atomic mass is 9.72. The van der Waals surface area contributed by atoms with Crippen LogP contribution in [0, 0.1) is 17.7 Å². The highest BCUT2D eigenvalue weighted by Crippen LogP contribution is 2.38. The van der Waals surface area contributed by atoms with Gasteiger partial charge >= 0.3 is 0 Å². The van der Waals surface area contributed by atoms with E-state index in [-0.39, 0.29) is 30.4 Å². The van der Waals surface area contributed by atoms with Gasteiger partial charge in [-0.25, -0.2) is 4.39 Å². The van der Waals surface area contributed by atoms with E-state index >= 15 is 0 Å². The second-order valence-corrected chi connectivity index (χ2v) is 7.14. The van der Waals surface area contributed by atoms with Gasteiger partial charge in [-0.15, -0.1) is 0 Å². The van der Waals surface area contributed by atoms with Crippen LogP contribution in [-0.2, 0) is 14.4 Å². The minimum absolute atomic E-state index is 0.0588. The molecule has 0 spiro atoms. The summed E-state index contributed by atoms with van der Waals surface area (Å²) in [5.74, 6) is -2.75. The number of carbonyl (C=O) groups is 3. The number of amides is 2. The third-order valence-electron chi connectivity index (χ3n) is 5.25. The van der Waals surface area contributed by atoms with Gasteiger partial charge in [-0.3, -0.25) is 14.4 Å². The summed E-state index contributed by atoms with van der Waals surface area (Å²) in [7, 11) is 0. The Kier molecular flexibility index (Phi) is 4.77. The fourth-order valence-corrected chi connectivity index (χ4v) is 3.91. The molecule has 5 nitrogen and oxygen atoms in total. The van der Waals surface area contributed by atoms with Crippen molar-refractivity contribution in [2.75, 3.05) is 5.32 Å². The quantitative estimate of drug-likeness (QED) is 0.862. The first kappa shape index (κ1) is 18.1. The van der Waals surface area contributed by atoms with Crippen LogP contribution in [-0.4, -0.2) is 17.6 Å². The molecule has 1 fully saturated rings. The number of hydrogen-bond acceptors (Lipinski definition) is 3. The van der Waals surface area contributed by atoms with Gasteiger partial charge in [0.1, 0.15) is 11.6 Å². The van der Waals surface area contributed by atoms with Crippen LogP contribution in [0.2, 0.25) is 0 Å². The standard InChI is InChI=1S/C22H19FN2O3/c23-15-6-8-16(9-7-15)24-22(28)17-12-20(27)25-18-10-14(11-19(26)21(17)18)13-4-2-1-3-5-13/h1-10,14,17,21H,11-12H2,(H,24,28)(H,25,27)/t14-,17-,21-/m1/s1. The molecule has 2 aliphatic rings. The number of hydrogen-bond donors (Lipinski definition) is 2. The van der Waals surface area contributed by atoms with E-state index < -0.39 is 23.6 Å². The largest absolute Gasteiger partial charge is 0.329 e. The molecule has 2 N–H and O–H groups in total. The summed E-state index contributed by atoms with van der Waals surface area (Å²) in [6, 6.07) is 15.0. The highest BCUT2D eigenvalue weighted by molar-refractivity contribution is 6.02. The van der Waals surface area contributed by atoms with Crippen LogP contribution in [0.1, 0.15) is 24.3 Å². The van der Waals surface area contributed by atoms with E-state index in [1.807, 2.05) is 36.4 Å². The Bertz CT molecular complexity index is 954. The average molecular weight is 378 g/mol. The van der Waals surface area contributed by atoms with Crippen LogP contribution >= 0.6 is 0 Å². The first-order valence-corrected chi connectivity index (χ1v) is 9.17. The number of anilines is 1. The van der Waals surface area contributed by atoms with Gasteiger partial charge in [-0.05, 0) is 29.8 Å². The third-order valence-corrected chi connectivity index (χ3v) is 5.25. The molecule has 1 heterocycles. The number of rotatable bonds is 3. The van der Waals surface area contributed by atoms with E-state index in [1.165, 1.54) is 24.3 Å². The van der Waals surface area contributed by atoms with Crippen molar-refractivity contribution in [1.29, 1.82) is 0 Å². The molecule has 0 unspecified atom stereocenters. The molecule has 1 aliphatic heterocycles. The van der Waals surface area contributed by atoms with Crippen LogP contribution in [0.3, 0.4) is 0 Å². The predicted molar refractivity (Wildman–Crippen MR) is 102 cm³/mol. The summed E-state index contributed by atoms with van der Waals surface area (Å²) in [6.07, 6.45) is 2.11. The summed E-state index contributed by atoms with van der Waals surface area (Å²) in [5.41, 5.74) is 1.92. The van der Waals surface area contributed by atoms with Gasteiger partial charge in [0, 0.05) is 30.1 Å².